The summed E-state index contributed by atoms with van der Waals surface area (Å²) in [5, 5.41) is -0.315. The van der Waals surface area contributed by atoms with Crippen LogP contribution in [0, 0.1) is 5.92 Å². The van der Waals surface area contributed by atoms with Crippen molar-refractivity contribution >= 4 is 9.84 Å². The van der Waals surface area contributed by atoms with Crippen molar-refractivity contribution in [2.45, 2.75) is 44.4 Å². The van der Waals surface area contributed by atoms with E-state index in [1.807, 2.05) is 6.92 Å². The van der Waals surface area contributed by atoms with Gasteiger partial charge in [-0.1, -0.05) is 13.8 Å². The zero-order chi connectivity index (χ0) is 10.1. The number of rotatable bonds is 5. The summed E-state index contributed by atoms with van der Waals surface area (Å²) in [6, 6.07) is -0.130. The van der Waals surface area contributed by atoms with Crippen molar-refractivity contribution in [3.05, 3.63) is 0 Å². The van der Waals surface area contributed by atoms with Gasteiger partial charge in [-0.2, -0.15) is 0 Å². The molecule has 1 fully saturated rings. The minimum Gasteiger partial charge on any atom is -0.326 e. The highest BCUT2D eigenvalue weighted by atomic mass is 32.2. The van der Waals surface area contributed by atoms with Crippen LogP contribution < -0.4 is 5.73 Å². The van der Waals surface area contributed by atoms with Crippen molar-refractivity contribution in [1.82, 2.24) is 0 Å². The Balaban J connectivity index is 2.71. The van der Waals surface area contributed by atoms with Crippen LogP contribution in [0.25, 0.3) is 0 Å². The Kier molecular flexibility index (Phi) is 3.35. The van der Waals surface area contributed by atoms with E-state index in [0.717, 1.165) is 12.8 Å². The van der Waals surface area contributed by atoms with Crippen molar-refractivity contribution < 1.29 is 8.42 Å². The molecule has 4 heteroatoms. The Morgan fingerprint density at radius 3 is 2.23 bits per heavy atom. The van der Waals surface area contributed by atoms with Crippen LogP contribution in [-0.2, 0) is 9.84 Å². The smallest absolute Gasteiger partial charge is 0.154 e. The molecule has 0 radical (unpaired) electrons. The average Bonchev–Trinajstić information content (AvgIpc) is 2.87. The van der Waals surface area contributed by atoms with Crippen molar-refractivity contribution in [2.24, 2.45) is 11.7 Å². The van der Waals surface area contributed by atoms with E-state index in [2.05, 4.69) is 0 Å². The van der Waals surface area contributed by atoms with Gasteiger partial charge in [0.1, 0.15) is 0 Å². The van der Waals surface area contributed by atoms with Gasteiger partial charge in [0.2, 0.25) is 0 Å². The van der Waals surface area contributed by atoms with Gasteiger partial charge in [-0.3, -0.25) is 0 Å². The van der Waals surface area contributed by atoms with E-state index >= 15 is 0 Å². The fraction of sp³-hybridized carbons (Fsp3) is 1.00. The fourth-order valence-electron chi connectivity index (χ4n) is 1.76. The molecule has 1 aliphatic carbocycles. The standard InChI is InChI=1S/C9H19NO2S/c1-3-8(13(11,12)4-2)9(10)7-5-6-7/h7-9H,3-6,10H2,1-2H3/t8-,9-/m0/s1. The van der Waals surface area contributed by atoms with Crippen molar-refractivity contribution in [2.75, 3.05) is 5.75 Å². The molecule has 0 aromatic rings. The van der Waals surface area contributed by atoms with Crippen LogP contribution >= 0.6 is 0 Å². The lowest BCUT2D eigenvalue weighted by Crippen LogP contribution is -2.42. The molecular formula is C9H19NO2S. The monoisotopic (exact) mass is 205 g/mol. The molecule has 0 heterocycles. The lowest BCUT2D eigenvalue weighted by molar-refractivity contribution is 0.509. The molecule has 0 amide bonds. The van der Waals surface area contributed by atoms with Gasteiger partial charge in [0.25, 0.3) is 0 Å². The molecular weight excluding hydrogens is 186 g/mol. The first-order chi connectivity index (χ1) is 6.03. The SMILES string of the molecule is CC[C@@H]([C@@H](N)C1CC1)S(=O)(=O)CC. The molecule has 13 heavy (non-hydrogen) atoms. The van der Waals surface area contributed by atoms with E-state index in [0.29, 0.717) is 12.3 Å². The van der Waals surface area contributed by atoms with Gasteiger partial charge in [0.15, 0.2) is 9.84 Å². The summed E-state index contributed by atoms with van der Waals surface area (Å²) in [5.74, 6) is 0.678. The van der Waals surface area contributed by atoms with Crippen LogP contribution in [-0.4, -0.2) is 25.5 Å². The van der Waals surface area contributed by atoms with E-state index in [9.17, 15) is 8.42 Å². The van der Waals surface area contributed by atoms with Crippen LogP contribution in [0.4, 0.5) is 0 Å². The Labute approximate surface area is 80.6 Å². The van der Waals surface area contributed by atoms with E-state index in [1.54, 1.807) is 6.92 Å². The van der Waals surface area contributed by atoms with Gasteiger partial charge < -0.3 is 5.73 Å². The van der Waals surface area contributed by atoms with Gasteiger partial charge in [-0.15, -0.1) is 0 Å². The molecule has 0 unspecified atom stereocenters. The highest BCUT2D eigenvalue weighted by Crippen LogP contribution is 2.35. The van der Waals surface area contributed by atoms with E-state index in [-0.39, 0.29) is 17.0 Å². The molecule has 2 atom stereocenters. The number of hydrogen-bond acceptors (Lipinski definition) is 3. The maximum atomic E-state index is 11.6. The molecule has 2 N–H and O–H groups in total. The lowest BCUT2D eigenvalue weighted by Gasteiger charge is -2.21. The topological polar surface area (TPSA) is 60.2 Å². The number of sulfone groups is 1. The number of nitrogens with two attached hydrogens (primary N) is 1. The third-order valence-corrected chi connectivity index (χ3v) is 5.24. The Hall–Kier alpha value is -0.0900. The van der Waals surface area contributed by atoms with E-state index in [4.69, 9.17) is 5.73 Å². The predicted molar refractivity (Wildman–Crippen MR) is 54.2 cm³/mol. The van der Waals surface area contributed by atoms with Crippen LogP contribution in [0.3, 0.4) is 0 Å². The zero-order valence-electron chi connectivity index (χ0n) is 8.36. The normalized spacial score (nSPS) is 22.7. The average molecular weight is 205 g/mol. The highest BCUT2D eigenvalue weighted by Gasteiger charge is 2.38. The second-order valence-electron chi connectivity index (χ2n) is 3.81. The van der Waals surface area contributed by atoms with Crippen molar-refractivity contribution in [3.8, 4) is 0 Å². The van der Waals surface area contributed by atoms with Crippen LogP contribution in [0.5, 0.6) is 0 Å². The summed E-state index contributed by atoms with van der Waals surface area (Å²) in [6.07, 6.45) is 2.86. The highest BCUT2D eigenvalue weighted by molar-refractivity contribution is 7.92. The van der Waals surface area contributed by atoms with Gasteiger partial charge in [-0.05, 0) is 25.2 Å². The molecule has 3 nitrogen and oxygen atoms in total. The first kappa shape index (κ1) is 11.0. The van der Waals surface area contributed by atoms with Crippen molar-refractivity contribution in [1.29, 1.82) is 0 Å². The molecule has 0 saturated heterocycles. The van der Waals surface area contributed by atoms with E-state index < -0.39 is 9.84 Å². The van der Waals surface area contributed by atoms with Crippen LogP contribution in [0.15, 0.2) is 0 Å². The summed E-state index contributed by atoms with van der Waals surface area (Å²) in [7, 11) is -2.94. The van der Waals surface area contributed by atoms with Gasteiger partial charge in [0.05, 0.1) is 5.25 Å². The number of hydrogen-bond donors (Lipinski definition) is 1. The molecule has 0 spiro atoms. The Bertz CT molecular complexity index is 257. The van der Waals surface area contributed by atoms with Gasteiger partial charge in [-0.25, -0.2) is 8.42 Å². The summed E-state index contributed by atoms with van der Waals surface area (Å²) >= 11 is 0. The molecule has 78 valence electrons. The molecule has 0 bridgehead atoms. The molecule has 1 aliphatic rings. The minimum atomic E-state index is -2.94. The maximum Gasteiger partial charge on any atom is 0.154 e. The fourth-order valence-corrected chi connectivity index (χ4v) is 3.40. The van der Waals surface area contributed by atoms with Crippen molar-refractivity contribution in [3.63, 3.8) is 0 Å². The molecule has 0 aromatic heterocycles. The predicted octanol–water partition coefficient (Wildman–Crippen LogP) is 0.937. The first-order valence-electron chi connectivity index (χ1n) is 5.00. The molecule has 1 rings (SSSR count). The van der Waals surface area contributed by atoms with E-state index in [1.165, 1.54) is 0 Å². The molecule has 0 aliphatic heterocycles. The zero-order valence-corrected chi connectivity index (χ0v) is 9.18. The maximum absolute atomic E-state index is 11.6. The lowest BCUT2D eigenvalue weighted by atomic mass is 10.1. The summed E-state index contributed by atoms with van der Waals surface area (Å²) in [4.78, 5) is 0. The first-order valence-corrected chi connectivity index (χ1v) is 6.71. The molecule has 0 aromatic carbocycles. The second kappa shape index (κ2) is 3.96. The van der Waals surface area contributed by atoms with Gasteiger partial charge in [0, 0.05) is 11.8 Å². The van der Waals surface area contributed by atoms with Crippen LogP contribution in [0.2, 0.25) is 0 Å². The van der Waals surface area contributed by atoms with Gasteiger partial charge >= 0.3 is 0 Å². The third-order valence-electron chi connectivity index (χ3n) is 2.86. The summed E-state index contributed by atoms with van der Waals surface area (Å²) < 4.78 is 23.2. The minimum absolute atomic E-state index is 0.130. The summed E-state index contributed by atoms with van der Waals surface area (Å²) in [5.41, 5.74) is 5.92. The third kappa shape index (κ3) is 2.44. The Morgan fingerprint density at radius 2 is 1.92 bits per heavy atom. The summed E-state index contributed by atoms with van der Waals surface area (Å²) in [6.45, 7) is 3.59. The largest absolute Gasteiger partial charge is 0.326 e. The molecule has 1 saturated carbocycles. The second-order valence-corrected chi connectivity index (χ2v) is 6.32. The van der Waals surface area contributed by atoms with Crippen LogP contribution in [0.1, 0.15) is 33.1 Å². The Morgan fingerprint density at radius 1 is 1.38 bits per heavy atom. The quantitative estimate of drug-likeness (QED) is 0.726.